The summed E-state index contributed by atoms with van der Waals surface area (Å²) in [5.74, 6) is 0. The molecule has 1 N–H and O–H groups in total. The number of rotatable bonds is 4. The van der Waals surface area contributed by atoms with Gasteiger partial charge in [0.25, 0.3) is 15.7 Å². The van der Waals surface area contributed by atoms with Crippen molar-refractivity contribution in [3.63, 3.8) is 0 Å². The molecule has 0 amide bonds. The third-order valence-electron chi connectivity index (χ3n) is 3.84. The van der Waals surface area contributed by atoms with Crippen molar-refractivity contribution in [3.8, 4) is 0 Å². The van der Waals surface area contributed by atoms with Gasteiger partial charge in [-0.1, -0.05) is 41.7 Å². The number of thiazole rings is 1. The zero-order valence-corrected chi connectivity index (χ0v) is 14.8. The molecule has 26 heavy (non-hydrogen) atoms. The van der Waals surface area contributed by atoms with Gasteiger partial charge in [-0.05, 0) is 29.0 Å². The summed E-state index contributed by atoms with van der Waals surface area (Å²) in [6.07, 6.45) is 0. The lowest BCUT2D eigenvalue weighted by Crippen LogP contribution is -2.12. The Morgan fingerprint density at radius 3 is 2.54 bits per heavy atom. The number of nitrogens with one attached hydrogen (secondary N) is 1. The zero-order valence-electron chi connectivity index (χ0n) is 13.1. The second-order valence-electron chi connectivity index (χ2n) is 5.54. The standard InChI is InChI=1S/C17H11N3O4S2/c21-20(22)13-6-8-15-16(10-13)25-17(18-15)19-26(23,24)14-7-5-11-3-1-2-4-12(11)9-14/h1-10H,(H,18,19). The van der Waals surface area contributed by atoms with Crippen molar-refractivity contribution in [1.82, 2.24) is 4.98 Å². The van der Waals surface area contributed by atoms with E-state index < -0.39 is 14.9 Å². The van der Waals surface area contributed by atoms with E-state index in [1.54, 1.807) is 12.1 Å². The fraction of sp³-hybridized carbons (Fsp3) is 0. The van der Waals surface area contributed by atoms with E-state index in [0.717, 1.165) is 22.1 Å². The second-order valence-corrected chi connectivity index (χ2v) is 8.26. The molecule has 0 saturated heterocycles. The maximum atomic E-state index is 12.6. The van der Waals surface area contributed by atoms with Crippen LogP contribution in [0.3, 0.4) is 0 Å². The van der Waals surface area contributed by atoms with Crippen LogP contribution in [0.4, 0.5) is 10.8 Å². The van der Waals surface area contributed by atoms with Crippen molar-refractivity contribution in [3.05, 3.63) is 70.8 Å². The molecule has 0 saturated carbocycles. The number of anilines is 1. The molecule has 4 rings (SSSR count). The molecule has 0 spiro atoms. The van der Waals surface area contributed by atoms with E-state index in [2.05, 4.69) is 9.71 Å². The average Bonchev–Trinajstić information content (AvgIpc) is 3.01. The zero-order chi connectivity index (χ0) is 18.3. The first-order chi connectivity index (χ1) is 12.4. The number of nitro groups is 1. The minimum atomic E-state index is -3.81. The summed E-state index contributed by atoms with van der Waals surface area (Å²) in [6.45, 7) is 0. The van der Waals surface area contributed by atoms with Crippen LogP contribution in [-0.4, -0.2) is 18.3 Å². The highest BCUT2D eigenvalue weighted by atomic mass is 32.2. The molecule has 4 aromatic rings. The minimum Gasteiger partial charge on any atom is -0.258 e. The first-order valence-electron chi connectivity index (χ1n) is 7.49. The van der Waals surface area contributed by atoms with Gasteiger partial charge in [0.1, 0.15) is 0 Å². The quantitative estimate of drug-likeness (QED) is 0.420. The molecule has 0 atom stereocenters. The number of fused-ring (bicyclic) bond motifs is 2. The Kier molecular flexibility index (Phi) is 3.82. The van der Waals surface area contributed by atoms with E-state index in [9.17, 15) is 18.5 Å². The summed E-state index contributed by atoms with van der Waals surface area (Å²) >= 11 is 1.05. The molecule has 0 radical (unpaired) electrons. The van der Waals surface area contributed by atoms with Crippen molar-refractivity contribution in [2.24, 2.45) is 0 Å². The number of hydrogen-bond donors (Lipinski definition) is 1. The van der Waals surface area contributed by atoms with Gasteiger partial charge >= 0.3 is 0 Å². The van der Waals surface area contributed by atoms with E-state index in [-0.39, 0.29) is 15.7 Å². The largest absolute Gasteiger partial charge is 0.270 e. The molecule has 7 nitrogen and oxygen atoms in total. The number of nitro benzene ring substituents is 1. The number of hydrogen-bond acceptors (Lipinski definition) is 6. The van der Waals surface area contributed by atoms with Gasteiger partial charge in [0.15, 0.2) is 5.13 Å². The maximum absolute atomic E-state index is 12.6. The Morgan fingerprint density at radius 1 is 1.00 bits per heavy atom. The van der Waals surface area contributed by atoms with Gasteiger partial charge < -0.3 is 0 Å². The second kappa shape index (κ2) is 6.04. The monoisotopic (exact) mass is 385 g/mol. The lowest BCUT2D eigenvalue weighted by molar-refractivity contribution is -0.384. The fourth-order valence-corrected chi connectivity index (χ4v) is 4.75. The number of benzene rings is 3. The molecule has 0 aliphatic carbocycles. The van der Waals surface area contributed by atoms with Crippen LogP contribution < -0.4 is 4.72 Å². The number of sulfonamides is 1. The Morgan fingerprint density at radius 2 is 1.77 bits per heavy atom. The molecular formula is C17H11N3O4S2. The minimum absolute atomic E-state index is 0.0647. The Labute approximate surface area is 152 Å². The summed E-state index contributed by atoms with van der Waals surface area (Å²) in [5.41, 5.74) is 0.432. The van der Waals surface area contributed by atoms with Crippen LogP contribution in [0.25, 0.3) is 21.0 Å². The van der Waals surface area contributed by atoms with E-state index >= 15 is 0 Å². The highest BCUT2D eigenvalue weighted by Crippen LogP contribution is 2.30. The molecule has 3 aromatic carbocycles. The predicted molar refractivity (Wildman–Crippen MR) is 101 cm³/mol. The van der Waals surface area contributed by atoms with Gasteiger partial charge in [0.2, 0.25) is 0 Å². The van der Waals surface area contributed by atoms with Crippen molar-refractivity contribution < 1.29 is 13.3 Å². The molecule has 0 aliphatic heterocycles. The summed E-state index contributed by atoms with van der Waals surface area (Å²) in [4.78, 5) is 14.7. The summed E-state index contributed by atoms with van der Waals surface area (Å²) in [7, 11) is -3.81. The van der Waals surface area contributed by atoms with Crippen LogP contribution in [0.1, 0.15) is 0 Å². The smallest absolute Gasteiger partial charge is 0.258 e. The third kappa shape index (κ3) is 2.98. The lowest BCUT2D eigenvalue weighted by atomic mass is 10.1. The molecule has 0 unspecified atom stereocenters. The van der Waals surface area contributed by atoms with Crippen LogP contribution in [0.2, 0.25) is 0 Å². The van der Waals surface area contributed by atoms with Crippen molar-refractivity contribution >= 4 is 53.2 Å². The van der Waals surface area contributed by atoms with Crippen LogP contribution in [-0.2, 0) is 10.0 Å². The van der Waals surface area contributed by atoms with Crippen LogP contribution >= 0.6 is 11.3 Å². The lowest BCUT2D eigenvalue weighted by Gasteiger charge is -2.06. The highest BCUT2D eigenvalue weighted by molar-refractivity contribution is 7.93. The topological polar surface area (TPSA) is 102 Å². The molecule has 0 bridgehead atoms. The molecular weight excluding hydrogens is 374 g/mol. The van der Waals surface area contributed by atoms with Gasteiger partial charge in [-0.25, -0.2) is 13.4 Å². The van der Waals surface area contributed by atoms with Gasteiger partial charge in [-0.15, -0.1) is 0 Å². The van der Waals surface area contributed by atoms with Gasteiger partial charge in [-0.3, -0.25) is 14.8 Å². The average molecular weight is 385 g/mol. The van der Waals surface area contributed by atoms with Crippen LogP contribution in [0, 0.1) is 10.1 Å². The molecule has 1 aromatic heterocycles. The van der Waals surface area contributed by atoms with E-state index in [4.69, 9.17) is 0 Å². The summed E-state index contributed by atoms with van der Waals surface area (Å²) < 4.78 is 28.3. The summed E-state index contributed by atoms with van der Waals surface area (Å²) in [6, 6.07) is 16.5. The van der Waals surface area contributed by atoms with Crippen LogP contribution in [0.15, 0.2) is 65.6 Å². The van der Waals surface area contributed by atoms with E-state index in [1.165, 1.54) is 24.3 Å². The van der Waals surface area contributed by atoms with E-state index in [1.807, 2.05) is 24.3 Å². The predicted octanol–water partition coefficient (Wildman–Crippen LogP) is 4.16. The van der Waals surface area contributed by atoms with Gasteiger partial charge in [0, 0.05) is 12.1 Å². The SMILES string of the molecule is O=[N+]([O-])c1ccc2nc(NS(=O)(=O)c3ccc4ccccc4c3)sc2c1. The third-order valence-corrected chi connectivity index (χ3v) is 6.24. The molecule has 9 heteroatoms. The Bertz CT molecular complexity index is 1270. The molecule has 0 fully saturated rings. The Balaban J connectivity index is 1.70. The maximum Gasteiger partial charge on any atom is 0.270 e. The fourth-order valence-electron chi connectivity index (χ4n) is 2.58. The van der Waals surface area contributed by atoms with E-state index in [0.29, 0.717) is 10.2 Å². The van der Waals surface area contributed by atoms with Crippen molar-refractivity contribution in [1.29, 1.82) is 0 Å². The normalized spacial score (nSPS) is 11.7. The van der Waals surface area contributed by atoms with Gasteiger partial charge in [-0.2, -0.15) is 0 Å². The van der Waals surface area contributed by atoms with Crippen molar-refractivity contribution in [2.75, 3.05) is 4.72 Å². The number of non-ortho nitro benzene ring substituents is 1. The van der Waals surface area contributed by atoms with Crippen molar-refractivity contribution in [2.45, 2.75) is 4.90 Å². The molecule has 0 aliphatic rings. The molecule has 1 heterocycles. The number of nitrogens with zero attached hydrogens (tertiary/aromatic N) is 2. The van der Waals surface area contributed by atoms with Gasteiger partial charge in [0.05, 0.1) is 20.0 Å². The first kappa shape index (κ1) is 16.4. The summed E-state index contributed by atoms with van der Waals surface area (Å²) in [5, 5.41) is 12.8. The molecule has 130 valence electrons. The Hall–Kier alpha value is -3.04. The van der Waals surface area contributed by atoms with Crippen LogP contribution in [0.5, 0.6) is 0 Å². The first-order valence-corrected chi connectivity index (χ1v) is 9.79. The highest BCUT2D eigenvalue weighted by Gasteiger charge is 2.18. The number of aromatic nitrogens is 1.